The van der Waals surface area contributed by atoms with Crippen molar-refractivity contribution in [1.29, 1.82) is 0 Å². The second-order valence-corrected chi connectivity index (χ2v) is 14.6. The summed E-state index contributed by atoms with van der Waals surface area (Å²) in [5.41, 5.74) is 0.904. The van der Waals surface area contributed by atoms with E-state index in [1.54, 1.807) is 6.92 Å². The number of thiophene rings is 1. The molecule has 3 aliphatic rings. The average Bonchev–Trinajstić information content (AvgIpc) is 3.28. The Hall–Kier alpha value is -1.03. The van der Waals surface area contributed by atoms with E-state index < -0.39 is 36.8 Å². The van der Waals surface area contributed by atoms with Gasteiger partial charge in [-0.25, -0.2) is 8.42 Å². The minimum absolute atomic E-state index is 0. The fraction of sp³-hybridized carbons (Fsp3) is 0.750. The van der Waals surface area contributed by atoms with E-state index in [0.29, 0.717) is 30.2 Å². The Balaban J connectivity index is 0.000000308. The monoisotopic (exact) mass is 557 g/mol. The Kier molecular flexibility index (Phi) is 10.4. The van der Waals surface area contributed by atoms with Gasteiger partial charge in [0, 0.05) is 17.9 Å². The Bertz CT molecular complexity index is 1140. The van der Waals surface area contributed by atoms with Crippen LogP contribution in [0.5, 0.6) is 0 Å². The molecule has 0 saturated heterocycles. The van der Waals surface area contributed by atoms with Gasteiger partial charge in [-0.1, -0.05) is 27.7 Å². The van der Waals surface area contributed by atoms with Crippen molar-refractivity contribution >= 4 is 48.6 Å². The van der Waals surface area contributed by atoms with E-state index in [2.05, 4.69) is 26.1 Å². The van der Waals surface area contributed by atoms with Gasteiger partial charge >= 0.3 is 10.6 Å². The lowest BCUT2D eigenvalue weighted by atomic mass is 9.70. The van der Waals surface area contributed by atoms with Crippen LogP contribution in [0.2, 0.25) is 0 Å². The number of carbonyl (C=O) groups excluding carboxylic acids is 1. The molecule has 2 heterocycles. The fourth-order valence-electron chi connectivity index (χ4n) is 5.02. The Labute approximate surface area is 209 Å². The van der Waals surface area contributed by atoms with Crippen LogP contribution in [0.3, 0.4) is 0 Å². The molecule has 14 heteroatoms. The molecule has 34 heavy (non-hydrogen) atoms. The molecule has 0 aromatic carbocycles. The second-order valence-electron chi connectivity index (χ2n) is 9.37. The summed E-state index contributed by atoms with van der Waals surface area (Å²) < 4.78 is 71.9. The van der Waals surface area contributed by atoms with E-state index in [1.165, 1.54) is 12.5 Å². The van der Waals surface area contributed by atoms with Gasteiger partial charge in [0.05, 0.1) is 9.46 Å². The van der Waals surface area contributed by atoms with Crippen LogP contribution in [0.1, 0.15) is 71.9 Å². The van der Waals surface area contributed by atoms with Crippen LogP contribution in [-0.4, -0.2) is 47.4 Å². The summed E-state index contributed by atoms with van der Waals surface area (Å²) in [5, 5.41) is 2.72. The van der Waals surface area contributed by atoms with E-state index in [0.717, 1.165) is 24.2 Å². The molecule has 1 aliphatic heterocycles. The summed E-state index contributed by atoms with van der Waals surface area (Å²) in [6.07, 6.45) is 3.73. The molecule has 1 aromatic heterocycles. The van der Waals surface area contributed by atoms with E-state index in [4.69, 9.17) is 12.6 Å². The van der Waals surface area contributed by atoms with Gasteiger partial charge in [-0.3, -0.25) is 9.00 Å². The lowest BCUT2D eigenvalue weighted by molar-refractivity contribution is -0.128. The number of carbonyl (C=O) groups is 1. The van der Waals surface area contributed by atoms with E-state index in [9.17, 15) is 22.0 Å². The van der Waals surface area contributed by atoms with Crippen LogP contribution in [0.25, 0.3) is 0 Å². The first kappa shape index (κ1) is 31.0. The molecule has 2 fully saturated rings. The minimum atomic E-state index is -3.38. The van der Waals surface area contributed by atoms with Crippen LogP contribution >= 0.6 is 11.3 Å². The summed E-state index contributed by atoms with van der Waals surface area (Å²) in [7, 11) is -6.49. The first-order valence-corrected chi connectivity index (χ1v) is 15.0. The molecular weight excluding hydrogens is 524 g/mol. The van der Waals surface area contributed by atoms with Crippen LogP contribution in [0.15, 0.2) is 14.5 Å². The number of nitrogens with one attached hydrogen (secondary N) is 1. The summed E-state index contributed by atoms with van der Waals surface area (Å²) in [6.45, 7) is 11.0. The lowest BCUT2D eigenvalue weighted by Crippen LogP contribution is -2.33. The number of fused-ring (bicyclic) bond motifs is 3. The summed E-state index contributed by atoms with van der Waals surface area (Å²) in [4.78, 5) is 11.6. The maximum atomic E-state index is 12.2. The SMILES string of the molecule is CC1(C)C2CC[C@]1(C)C(=O)C2.CCN[C@H]1C[C@H](C)S(=O)(=O)c2sc(S(=O)[O-])cc21.N.O=S(=O)=O. The van der Waals surface area contributed by atoms with E-state index in [-0.39, 0.29) is 31.4 Å². The van der Waals surface area contributed by atoms with Gasteiger partial charge < -0.3 is 16.0 Å². The molecule has 10 nitrogen and oxygen atoms in total. The standard InChI is InChI=1S/C10H15NO4S3.C10H16O.H3N.O3S/c1-3-11-8-4-6(2)18(14,15)10-7(8)5-9(16-10)17(12)13;1-9(2)7-4-5-10(9,3)8(11)6-7;;1-4(2)3/h5-6,8,11H,3-4H2,1-2H3,(H,12,13);7H,4-6H2,1-3H3;1H3;/p-1/t6-,8-;7?,10-;;/m01../s1. The number of hydrogen-bond donors (Lipinski definition) is 2. The van der Waals surface area contributed by atoms with Gasteiger partial charge in [0.15, 0.2) is 9.84 Å². The van der Waals surface area contributed by atoms with Crippen LogP contribution in [0.4, 0.5) is 0 Å². The smallest absolute Gasteiger partial charge is 0.425 e. The van der Waals surface area contributed by atoms with Crippen molar-refractivity contribution in [2.75, 3.05) is 6.54 Å². The van der Waals surface area contributed by atoms with Gasteiger partial charge in [0.25, 0.3) is 0 Å². The van der Waals surface area contributed by atoms with Gasteiger partial charge in [0.2, 0.25) is 0 Å². The Morgan fingerprint density at radius 2 is 1.76 bits per heavy atom. The van der Waals surface area contributed by atoms with E-state index >= 15 is 0 Å². The summed E-state index contributed by atoms with van der Waals surface area (Å²) in [6, 6.07) is 1.39. The summed E-state index contributed by atoms with van der Waals surface area (Å²) >= 11 is -1.54. The third-order valence-electron chi connectivity index (χ3n) is 7.53. The molecule has 0 radical (unpaired) electrons. The normalized spacial score (nSPS) is 30.5. The van der Waals surface area contributed by atoms with Crippen molar-refractivity contribution in [3.05, 3.63) is 11.6 Å². The molecule has 196 valence electrons. The van der Waals surface area contributed by atoms with Crippen LogP contribution in [-0.2, 0) is 36.3 Å². The molecule has 0 spiro atoms. The molecule has 5 atom stereocenters. The first-order valence-electron chi connectivity index (χ1n) is 10.6. The highest BCUT2D eigenvalue weighted by molar-refractivity contribution is 7.94. The Morgan fingerprint density at radius 3 is 2.12 bits per heavy atom. The minimum Gasteiger partial charge on any atom is -0.768 e. The molecular formula is C20H33N2O8S4-. The average molecular weight is 558 g/mol. The van der Waals surface area contributed by atoms with Crippen molar-refractivity contribution < 1.29 is 34.6 Å². The molecule has 2 aliphatic carbocycles. The highest BCUT2D eigenvalue weighted by Gasteiger charge is 2.61. The van der Waals surface area contributed by atoms with Crippen molar-refractivity contribution in [2.45, 2.75) is 80.0 Å². The predicted molar refractivity (Wildman–Crippen MR) is 128 cm³/mol. The van der Waals surface area contributed by atoms with Crippen molar-refractivity contribution in [1.82, 2.24) is 11.5 Å². The van der Waals surface area contributed by atoms with Crippen LogP contribution < -0.4 is 11.5 Å². The Morgan fingerprint density at radius 1 is 1.21 bits per heavy atom. The quantitative estimate of drug-likeness (QED) is 0.522. The highest BCUT2D eigenvalue weighted by atomic mass is 32.3. The molecule has 1 aromatic rings. The predicted octanol–water partition coefficient (Wildman–Crippen LogP) is 2.76. The van der Waals surface area contributed by atoms with E-state index in [1.807, 2.05) is 6.92 Å². The second kappa shape index (κ2) is 11.4. The van der Waals surface area contributed by atoms with Crippen LogP contribution in [0, 0.1) is 16.7 Å². The molecule has 2 saturated carbocycles. The molecule has 4 rings (SSSR count). The zero-order valence-electron chi connectivity index (χ0n) is 20.0. The molecule has 2 bridgehead atoms. The fourth-order valence-corrected chi connectivity index (χ4v) is 9.18. The first-order chi connectivity index (χ1) is 15.1. The van der Waals surface area contributed by atoms with Crippen molar-refractivity contribution in [2.24, 2.45) is 16.7 Å². The topological polar surface area (TPSA) is 190 Å². The van der Waals surface area contributed by atoms with Gasteiger partial charge in [0.1, 0.15) is 9.99 Å². The van der Waals surface area contributed by atoms with Crippen molar-refractivity contribution in [3.63, 3.8) is 0 Å². The number of Topliss-reactive ketones (excluding diaryl/α,β-unsaturated/α-hetero) is 1. The molecule has 0 amide bonds. The maximum absolute atomic E-state index is 12.2. The lowest BCUT2D eigenvalue weighted by Gasteiger charge is -2.32. The zero-order valence-corrected chi connectivity index (χ0v) is 23.2. The van der Waals surface area contributed by atoms with Gasteiger partial charge in [-0.05, 0) is 66.8 Å². The number of hydrogen-bond acceptors (Lipinski definition) is 11. The largest absolute Gasteiger partial charge is 0.768 e. The third-order valence-corrected chi connectivity index (χ3v) is 12.3. The van der Waals surface area contributed by atoms with Gasteiger partial charge in [-0.15, -0.1) is 24.0 Å². The van der Waals surface area contributed by atoms with Gasteiger partial charge in [-0.2, -0.15) is 0 Å². The third kappa shape index (κ3) is 5.85. The summed E-state index contributed by atoms with van der Waals surface area (Å²) in [5.74, 6) is 1.19. The molecule has 2 unspecified atom stereocenters. The zero-order chi connectivity index (χ0) is 25.4. The number of rotatable bonds is 3. The van der Waals surface area contributed by atoms with Crippen molar-refractivity contribution in [3.8, 4) is 0 Å². The highest BCUT2D eigenvalue weighted by Crippen LogP contribution is 2.63. The maximum Gasteiger partial charge on any atom is 0.425 e. The number of ketones is 1. The molecule has 4 N–H and O–H groups in total. The number of sulfone groups is 1.